The van der Waals surface area contributed by atoms with E-state index in [1.165, 1.54) is 11.1 Å². The fourth-order valence-electron chi connectivity index (χ4n) is 2.31. The number of aryl methyl sites for hydroxylation is 1. The zero-order valence-electron chi connectivity index (χ0n) is 12.6. The van der Waals surface area contributed by atoms with Gasteiger partial charge in [-0.2, -0.15) is 0 Å². The van der Waals surface area contributed by atoms with Crippen LogP contribution >= 0.6 is 15.9 Å². The van der Waals surface area contributed by atoms with Crippen molar-refractivity contribution in [3.8, 4) is 5.75 Å². The topological polar surface area (TPSA) is 35.2 Å². The summed E-state index contributed by atoms with van der Waals surface area (Å²) >= 11 is 3.56. The van der Waals surface area contributed by atoms with Crippen LogP contribution in [-0.4, -0.2) is 6.04 Å². The van der Waals surface area contributed by atoms with Crippen LogP contribution in [-0.2, 0) is 13.0 Å². The molecule has 3 heteroatoms. The maximum atomic E-state index is 6.11. The highest BCUT2D eigenvalue weighted by Gasteiger charge is 2.12. The highest BCUT2D eigenvalue weighted by Crippen LogP contribution is 2.30. The van der Waals surface area contributed by atoms with Crippen LogP contribution in [0.1, 0.15) is 30.0 Å². The lowest BCUT2D eigenvalue weighted by Gasteiger charge is -2.17. The molecular formula is C18H22BrNO. The summed E-state index contributed by atoms with van der Waals surface area (Å²) in [6.45, 7) is 4.77. The van der Waals surface area contributed by atoms with E-state index in [1.54, 1.807) is 0 Å². The maximum absolute atomic E-state index is 6.11. The van der Waals surface area contributed by atoms with Crippen molar-refractivity contribution in [1.29, 1.82) is 0 Å². The fourth-order valence-corrected chi connectivity index (χ4v) is 2.93. The predicted molar refractivity (Wildman–Crippen MR) is 91.6 cm³/mol. The molecule has 0 aliphatic carbocycles. The molecule has 0 aliphatic rings. The first-order valence-electron chi connectivity index (χ1n) is 7.31. The van der Waals surface area contributed by atoms with Gasteiger partial charge in [-0.1, -0.05) is 53.2 Å². The highest BCUT2D eigenvalue weighted by atomic mass is 79.9. The van der Waals surface area contributed by atoms with Crippen molar-refractivity contribution < 1.29 is 4.74 Å². The van der Waals surface area contributed by atoms with Crippen LogP contribution in [0, 0.1) is 6.92 Å². The van der Waals surface area contributed by atoms with Gasteiger partial charge in [0.05, 0.1) is 0 Å². The lowest BCUT2D eigenvalue weighted by Crippen LogP contribution is -2.22. The Labute approximate surface area is 135 Å². The molecule has 0 radical (unpaired) electrons. The fraction of sp³-hybridized carbons (Fsp3) is 0.333. The Morgan fingerprint density at radius 2 is 1.90 bits per heavy atom. The molecule has 2 N–H and O–H groups in total. The number of hydrogen-bond acceptors (Lipinski definition) is 2. The van der Waals surface area contributed by atoms with Crippen molar-refractivity contribution in [3.63, 3.8) is 0 Å². The molecule has 2 aromatic rings. The lowest BCUT2D eigenvalue weighted by atomic mass is 10.0. The second kappa shape index (κ2) is 7.62. The number of hydrogen-bond donors (Lipinski definition) is 1. The third-order valence-corrected chi connectivity index (χ3v) is 4.01. The Kier molecular flexibility index (Phi) is 5.83. The van der Waals surface area contributed by atoms with Crippen LogP contribution in [0.2, 0.25) is 0 Å². The van der Waals surface area contributed by atoms with E-state index in [-0.39, 0.29) is 6.04 Å². The molecular weight excluding hydrogens is 326 g/mol. The van der Waals surface area contributed by atoms with E-state index in [0.717, 1.165) is 28.6 Å². The van der Waals surface area contributed by atoms with E-state index in [0.29, 0.717) is 6.61 Å². The van der Waals surface area contributed by atoms with Crippen molar-refractivity contribution in [3.05, 3.63) is 63.6 Å². The summed E-state index contributed by atoms with van der Waals surface area (Å²) in [5.41, 5.74) is 9.59. The van der Waals surface area contributed by atoms with Crippen LogP contribution in [0.3, 0.4) is 0 Å². The summed E-state index contributed by atoms with van der Waals surface area (Å²) < 4.78 is 7.15. The van der Waals surface area contributed by atoms with Crippen molar-refractivity contribution in [1.82, 2.24) is 0 Å². The molecule has 1 atom stereocenters. The zero-order valence-corrected chi connectivity index (χ0v) is 14.2. The summed E-state index contributed by atoms with van der Waals surface area (Å²) in [6, 6.07) is 14.6. The van der Waals surface area contributed by atoms with Gasteiger partial charge in [0.2, 0.25) is 0 Å². The van der Waals surface area contributed by atoms with Gasteiger partial charge in [-0.25, -0.2) is 0 Å². The maximum Gasteiger partial charge on any atom is 0.126 e. The van der Waals surface area contributed by atoms with Crippen LogP contribution in [0.15, 0.2) is 46.9 Å². The van der Waals surface area contributed by atoms with Crippen LogP contribution in [0.25, 0.3) is 0 Å². The SMILES string of the molecule is CCC(N)Cc1cc(Br)cc(C)c1OCc1ccccc1. The summed E-state index contributed by atoms with van der Waals surface area (Å²) in [6.07, 6.45) is 1.80. The molecule has 0 heterocycles. The third kappa shape index (κ3) is 4.58. The molecule has 1 unspecified atom stereocenters. The average molecular weight is 348 g/mol. The molecule has 21 heavy (non-hydrogen) atoms. The smallest absolute Gasteiger partial charge is 0.126 e. The van der Waals surface area contributed by atoms with E-state index >= 15 is 0 Å². The monoisotopic (exact) mass is 347 g/mol. The summed E-state index contributed by atoms with van der Waals surface area (Å²) in [4.78, 5) is 0. The minimum Gasteiger partial charge on any atom is -0.488 e. The average Bonchev–Trinajstić information content (AvgIpc) is 2.47. The van der Waals surface area contributed by atoms with Crippen molar-refractivity contribution in [2.45, 2.75) is 39.3 Å². The van der Waals surface area contributed by atoms with Gasteiger partial charge in [-0.15, -0.1) is 0 Å². The number of nitrogens with two attached hydrogens (primary N) is 1. The first-order chi connectivity index (χ1) is 10.1. The summed E-state index contributed by atoms with van der Waals surface area (Å²) in [5, 5.41) is 0. The van der Waals surface area contributed by atoms with Gasteiger partial charge in [0.25, 0.3) is 0 Å². The first-order valence-corrected chi connectivity index (χ1v) is 8.10. The molecule has 0 bridgehead atoms. The van der Waals surface area contributed by atoms with Crippen molar-refractivity contribution in [2.24, 2.45) is 5.73 Å². The second-order valence-electron chi connectivity index (χ2n) is 5.36. The Morgan fingerprint density at radius 3 is 2.57 bits per heavy atom. The minimum absolute atomic E-state index is 0.165. The Balaban J connectivity index is 2.20. The minimum atomic E-state index is 0.165. The van der Waals surface area contributed by atoms with Gasteiger partial charge in [-0.3, -0.25) is 0 Å². The van der Waals surface area contributed by atoms with E-state index in [4.69, 9.17) is 10.5 Å². The first kappa shape index (κ1) is 16.1. The summed E-state index contributed by atoms with van der Waals surface area (Å²) in [7, 11) is 0. The Morgan fingerprint density at radius 1 is 1.19 bits per heavy atom. The molecule has 0 saturated carbocycles. The Hall–Kier alpha value is -1.32. The molecule has 0 spiro atoms. The molecule has 0 aliphatic heterocycles. The Bertz CT molecular complexity index is 583. The van der Waals surface area contributed by atoms with Crippen molar-refractivity contribution >= 4 is 15.9 Å². The van der Waals surface area contributed by atoms with Gasteiger partial charge >= 0.3 is 0 Å². The van der Waals surface area contributed by atoms with Crippen molar-refractivity contribution in [2.75, 3.05) is 0 Å². The normalized spacial score (nSPS) is 12.2. The quantitative estimate of drug-likeness (QED) is 0.827. The van der Waals surface area contributed by atoms with E-state index in [9.17, 15) is 0 Å². The van der Waals surface area contributed by atoms with E-state index in [1.807, 2.05) is 18.2 Å². The predicted octanol–water partition coefficient (Wildman–Crippen LogP) is 4.62. The van der Waals surface area contributed by atoms with Gasteiger partial charge in [0.1, 0.15) is 12.4 Å². The third-order valence-electron chi connectivity index (χ3n) is 3.55. The number of rotatable bonds is 6. The molecule has 2 aromatic carbocycles. The zero-order chi connectivity index (χ0) is 15.2. The van der Waals surface area contributed by atoms with E-state index in [2.05, 4.69) is 54.0 Å². The molecule has 2 rings (SSSR count). The highest BCUT2D eigenvalue weighted by molar-refractivity contribution is 9.10. The van der Waals surface area contributed by atoms with Crippen LogP contribution in [0.4, 0.5) is 0 Å². The number of benzene rings is 2. The molecule has 2 nitrogen and oxygen atoms in total. The van der Waals surface area contributed by atoms with Gasteiger partial charge < -0.3 is 10.5 Å². The van der Waals surface area contributed by atoms with Gasteiger partial charge in [0, 0.05) is 10.5 Å². The van der Waals surface area contributed by atoms with Crippen LogP contribution in [0.5, 0.6) is 5.75 Å². The van der Waals surface area contributed by atoms with Gasteiger partial charge in [-0.05, 0) is 48.6 Å². The lowest BCUT2D eigenvalue weighted by molar-refractivity contribution is 0.300. The molecule has 112 valence electrons. The number of ether oxygens (including phenoxy) is 1. The molecule has 0 fully saturated rings. The second-order valence-corrected chi connectivity index (χ2v) is 6.27. The molecule has 0 amide bonds. The van der Waals surface area contributed by atoms with E-state index < -0.39 is 0 Å². The standard InChI is InChI=1S/C18H22BrNO/c1-3-17(20)11-15-10-16(19)9-13(2)18(15)21-12-14-7-5-4-6-8-14/h4-10,17H,3,11-12,20H2,1-2H3. The van der Waals surface area contributed by atoms with Gasteiger partial charge in [0.15, 0.2) is 0 Å². The molecule has 0 aromatic heterocycles. The summed E-state index contributed by atoms with van der Waals surface area (Å²) in [5.74, 6) is 0.964. The largest absolute Gasteiger partial charge is 0.488 e. The van der Waals surface area contributed by atoms with Crippen LogP contribution < -0.4 is 10.5 Å². The molecule has 0 saturated heterocycles. The number of halogens is 1.